The Morgan fingerprint density at radius 2 is 2.06 bits per heavy atom. The lowest BCUT2D eigenvalue weighted by molar-refractivity contribution is -0.121. The van der Waals surface area contributed by atoms with Crippen LogP contribution in [0.1, 0.15) is 31.4 Å². The lowest BCUT2D eigenvalue weighted by Gasteiger charge is -2.14. The minimum Gasteiger partial charge on any atom is -0.350 e. The van der Waals surface area contributed by atoms with Crippen LogP contribution in [0.2, 0.25) is 0 Å². The van der Waals surface area contributed by atoms with Crippen molar-refractivity contribution < 1.29 is 9.18 Å². The van der Waals surface area contributed by atoms with Crippen molar-refractivity contribution in [3.05, 3.63) is 35.6 Å². The fourth-order valence-corrected chi connectivity index (χ4v) is 1.51. The molecule has 1 atom stereocenters. The van der Waals surface area contributed by atoms with Crippen molar-refractivity contribution in [2.75, 3.05) is 5.88 Å². The molecule has 0 radical (unpaired) electrons. The van der Waals surface area contributed by atoms with Crippen LogP contribution in [-0.2, 0) is 4.79 Å². The molecule has 0 aliphatic heterocycles. The second kappa shape index (κ2) is 6.48. The Morgan fingerprint density at radius 1 is 1.44 bits per heavy atom. The van der Waals surface area contributed by atoms with Crippen LogP contribution in [0.25, 0.3) is 0 Å². The number of hydrogen-bond donors (Lipinski definition) is 1. The zero-order chi connectivity index (χ0) is 12.0. The van der Waals surface area contributed by atoms with Crippen molar-refractivity contribution in [1.29, 1.82) is 0 Å². The smallest absolute Gasteiger partial charge is 0.220 e. The number of nitrogens with one attached hydrogen (secondary N) is 1. The van der Waals surface area contributed by atoms with Gasteiger partial charge in [0.15, 0.2) is 0 Å². The molecule has 0 heterocycles. The highest BCUT2D eigenvalue weighted by molar-refractivity contribution is 6.17. The highest BCUT2D eigenvalue weighted by Gasteiger charge is 2.08. The molecule has 0 saturated heterocycles. The Labute approximate surface area is 99.8 Å². The molecule has 88 valence electrons. The number of carbonyl (C=O) groups is 1. The first-order chi connectivity index (χ1) is 7.63. The van der Waals surface area contributed by atoms with E-state index in [9.17, 15) is 9.18 Å². The van der Waals surface area contributed by atoms with E-state index in [4.69, 9.17) is 11.6 Å². The standard InChI is InChI=1S/C12H15ClFNO/c1-9(15-12(16)3-2-8-13)10-4-6-11(14)7-5-10/h4-7,9H,2-3,8H2,1H3,(H,15,16). The fraction of sp³-hybridized carbons (Fsp3) is 0.417. The minimum atomic E-state index is -0.274. The summed E-state index contributed by atoms with van der Waals surface area (Å²) in [4.78, 5) is 11.4. The number of rotatable bonds is 5. The number of alkyl halides is 1. The second-order valence-electron chi connectivity index (χ2n) is 3.63. The van der Waals surface area contributed by atoms with E-state index in [2.05, 4.69) is 5.32 Å². The van der Waals surface area contributed by atoms with Gasteiger partial charge in [0.1, 0.15) is 5.82 Å². The number of benzene rings is 1. The van der Waals surface area contributed by atoms with Crippen LogP contribution in [-0.4, -0.2) is 11.8 Å². The normalized spacial score (nSPS) is 12.2. The van der Waals surface area contributed by atoms with E-state index in [1.165, 1.54) is 12.1 Å². The Kier molecular flexibility index (Phi) is 5.26. The molecule has 0 aliphatic carbocycles. The molecular weight excluding hydrogens is 229 g/mol. The van der Waals surface area contributed by atoms with Crippen molar-refractivity contribution >= 4 is 17.5 Å². The van der Waals surface area contributed by atoms with Crippen molar-refractivity contribution in [2.24, 2.45) is 0 Å². The maximum absolute atomic E-state index is 12.7. The van der Waals surface area contributed by atoms with Gasteiger partial charge in [-0.25, -0.2) is 4.39 Å². The van der Waals surface area contributed by atoms with E-state index in [1.54, 1.807) is 12.1 Å². The summed E-state index contributed by atoms with van der Waals surface area (Å²) in [5, 5.41) is 2.83. The second-order valence-corrected chi connectivity index (χ2v) is 4.01. The highest BCUT2D eigenvalue weighted by atomic mass is 35.5. The van der Waals surface area contributed by atoms with E-state index in [-0.39, 0.29) is 17.8 Å². The molecule has 16 heavy (non-hydrogen) atoms. The van der Waals surface area contributed by atoms with Gasteiger partial charge in [0.25, 0.3) is 0 Å². The third-order valence-electron chi connectivity index (χ3n) is 2.28. The Morgan fingerprint density at radius 3 is 2.62 bits per heavy atom. The topological polar surface area (TPSA) is 29.1 Å². The molecular formula is C12H15ClFNO. The summed E-state index contributed by atoms with van der Waals surface area (Å²) in [6.45, 7) is 1.87. The molecule has 0 saturated carbocycles. The first-order valence-corrected chi connectivity index (χ1v) is 5.77. The van der Waals surface area contributed by atoms with Crippen LogP contribution in [0, 0.1) is 5.82 Å². The molecule has 1 amide bonds. The van der Waals surface area contributed by atoms with E-state index in [0.29, 0.717) is 18.7 Å². The van der Waals surface area contributed by atoms with Gasteiger partial charge in [-0.15, -0.1) is 11.6 Å². The van der Waals surface area contributed by atoms with Crippen molar-refractivity contribution in [3.8, 4) is 0 Å². The Hall–Kier alpha value is -1.09. The quantitative estimate of drug-likeness (QED) is 0.792. The average molecular weight is 244 g/mol. The van der Waals surface area contributed by atoms with Crippen LogP contribution in [0.4, 0.5) is 4.39 Å². The third kappa shape index (κ3) is 4.19. The largest absolute Gasteiger partial charge is 0.350 e. The number of halogens is 2. The van der Waals surface area contributed by atoms with Crippen LogP contribution >= 0.6 is 11.6 Å². The highest BCUT2D eigenvalue weighted by Crippen LogP contribution is 2.12. The van der Waals surface area contributed by atoms with Crippen LogP contribution in [0.15, 0.2) is 24.3 Å². The molecule has 1 rings (SSSR count). The molecule has 1 unspecified atom stereocenters. The van der Waals surface area contributed by atoms with Crippen LogP contribution < -0.4 is 5.32 Å². The lowest BCUT2D eigenvalue weighted by Crippen LogP contribution is -2.26. The molecule has 1 aromatic rings. The lowest BCUT2D eigenvalue weighted by atomic mass is 10.1. The first-order valence-electron chi connectivity index (χ1n) is 5.24. The van der Waals surface area contributed by atoms with Gasteiger partial charge in [0.2, 0.25) is 5.91 Å². The summed E-state index contributed by atoms with van der Waals surface area (Å²) in [7, 11) is 0. The first kappa shape index (κ1) is 13.0. The summed E-state index contributed by atoms with van der Waals surface area (Å²) >= 11 is 5.49. The predicted molar refractivity (Wildman–Crippen MR) is 62.9 cm³/mol. The van der Waals surface area contributed by atoms with E-state index in [0.717, 1.165) is 5.56 Å². The summed E-state index contributed by atoms with van der Waals surface area (Å²) in [5.74, 6) is 0.181. The van der Waals surface area contributed by atoms with Crippen molar-refractivity contribution in [3.63, 3.8) is 0 Å². The van der Waals surface area contributed by atoms with Gasteiger partial charge in [0, 0.05) is 12.3 Å². The van der Waals surface area contributed by atoms with Gasteiger partial charge in [-0.1, -0.05) is 12.1 Å². The number of carbonyl (C=O) groups excluding carboxylic acids is 1. The fourth-order valence-electron chi connectivity index (χ4n) is 1.38. The Balaban J connectivity index is 2.48. The minimum absolute atomic E-state index is 0.0301. The molecule has 4 heteroatoms. The predicted octanol–water partition coefficient (Wildman–Crippen LogP) is 3.02. The van der Waals surface area contributed by atoms with Gasteiger partial charge in [0.05, 0.1) is 6.04 Å². The molecule has 1 N–H and O–H groups in total. The zero-order valence-electron chi connectivity index (χ0n) is 9.17. The summed E-state index contributed by atoms with van der Waals surface area (Å²) in [6.07, 6.45) is 1.10. The van der Waals surface area contributed by atoms with Gasteiger partial charge in [-0.3, -0.25) is 4.79 Å². The van der Waals surface area contributed by atoms with Gasteiger partial charge in [-0.2, -0.15) is 0 Å². The molecule has 1 aromatic carbocycles. The van der Waals surface area contributed by atoms with Gasteiger partial charge in [-0.05, 0) is 31.0 Å². The molecule has 0 spiro atoms. The number of amides is 1. The van der Waals surface area contributed by atoms with E-state index >= 15 is 0 Å². The van der Waals surface area contributed by atoms with Crippen molar-refractivity contribution in [2.45, 2.75) is 25.8 Å². The molecule has 2 nitrogen and oxygen atoms in total. The van der Waals surface area contributed by atoms with Crippen LogP contribution in [0.3, 0.4) is 0 Å². The van der Waals surface area contributed by atoms with E-state index in [1.807, 2.05) is 6.92 Å². The maximum atomic E-state index is 12.7. The average Bonchev–Trinajstić information content (AvgIpc) is 2.27. The molecule has 0 bridgehead atoms. The monoisotopic (exact) mass is 243 g/mol. The van der Waals surface area contributed by atoms with Crippen LogP contribution in [0.5, 0.6) is 0 Å². The maximum Gasteiger partial charge on any atom is 0.220 e. The SMILES string of the molecule is CC(NC(=O)CCCCl)c1ccc(F)cc1. The third-order valence-corrected chi connectivity index (χ3v) is 2.55. The number of hydrogen-bond acceptors (Lipinski definition) is 1. The zero-order valence-corrected chi connectivity index (χ0v) is 9.93. The summed E-state index contributed by atoms with van der Waals surface area (Å²) in [6, 6.07) is 6.00. The summed E-state index contributed by atoms with van der Waals surface area (Å²) in [5.41, 5.74) is 0.889. The van der Waals surface area contributed by atoms with Gasteiger partial charge < -0.3 is 5.32 Å². The van der Waals surface area contributed by atoms with Crippen molar-refractivity contribution in [1.82, 2.24) is 5.32 Å². The van der Waals surface area contributed by atoms with E-state index < -0.39 is 0 Å². The molecule has 0 aliphatic rings. The van der Waals surface area contributed by atoms with Gasteiger partial charge >= 0.3 is 0 Å². The summed E-state index contributed by atoms with van der Waals surface area (Å²) < 4.78 is 12.7. The molecule has 0 aromatic heterocycles. The Bertz CT molecular complexity index is 339. The molecule has 0 fully saturated rings.